The molecule has 1 amide bonds. The minimum Gasteiger partial charge on any atom is -0.375 e. The number of nitrogens with zero attached hydrogens (tertiary/aromatic N) is 1. The average molecular weight is 236 g/mol. The highest BCUT2D eigenvalue weighted by molar-refractivity contribution is 5.94. The maximum atomic E-state index is 12.1. The van der Waals surface area contributed by atoms with Crippen LogP contribution in [0.5, 0.6) is 0 Å². The number of hydrogen-bond donors (Lipinski definition) is 1. The molecule has 1 aromatic heterocycles. The van der Waals surface area contributed by atoms with Crippen molar-refractivity contribution in [1.82, 2.24) is 9.88 Å². The molecule has 1 aliphatic heterocycles. The zero-order valence-electron chi connectivity index (χ0n) is 9.81. The molecule has 1 atom stereocenters. The number of carbonyl (C=O) groups is 1. The van der Waals surface area contributed by atoms with Gasteiger partial charge in [-0.2, -0.15) is 0 Å². The maximum Gasteiger partial charge on any atom is 0.254 e. The van der Waals surface area contributed by atoms with Gasteiger partial charge in [-0.05, 0) is 12.5 Å². The smallest absolute Gasteiger partial charge is 0.254 e. The number of amides is 1. The molecule has 0 aromatic carbocycles. The molecule has 92 valence electrons. The summed E-state index contributed by atoms with van der Waals surface area (Å²) >= 11 is 0. The van der Waals surface area contributed by atoms with E-state index in [1.165, 1.54) is 12.3 Å². The van der Waals surface area contributed by atoms with E-state index in [9.17, 15) is 9.59 Å². The number of rotatable bonds is 2. The Morgan fingerprint density at radius 3 is 3.18 bits per heavy atom. The second-order valence-corrected chi connectivity index (χ2v) is 4.09. The van der Waals surface area contributed by atoms with Crippen LogP contribution in [0.4, 0.5) is 0 Å². The highest BCUT2D eigenvalue weighted by Gasteiger charge is 2.23. The van der Waals surface area contributed by atoms with Crippen LogP contribution in [0.25, 0.3) is 0 Å². The van der Waals surface area contributed by atoms with Gasteiger partial charge in [-0.15, -0.1) is 0 Å². The molecule has 17 heavy (non-hydrogen) atoms. The number of pyridine rings is 1. The van der Waals surface area contributed by atoms with E-state index in [4.69, 9.17) is 4.74 Å². The zero-order valence-corrected chi connectivity index (χ0v) is 9.81. The van der Waals surface area contributed by atoms with E-state index in [1.54, 1.807) is 11.0 Å². The number of H-pyrrole nitrogens is 1. The monoisotopic (exact) mass is 236 g/mol. The van der Waals surface area contributed by atoms with Gasteiger partial charge < -0.3 is 14.6 Å². The third-order valence-corrected chi connectivity index (χ3v) is 2.90. The zero-order chi connectivity index (χ0) is 12.3. The van der Waals surface area contributed by atoms with E-state index in [2.05, 4.69) is 4.98 Å². The molecular weight excluding hydrogens is 220 g/mol. The SMILES string of the molecule is CCC1CN(C(=O)c2cc[nH]c(=O)c2)CCO1. The van der Waals surface area contributed by atoms with Crippen molar-refractivity contribution < 1.29 is 9.53 Å². The van der Waals surface area contributed by atoms with Gasteiger partial charge in [-0.3, -0.25) is 9.59 Å². The van der Waals surface area contributed by atoms with Crippen LogP contribution in [0.15, 0.2) is 23.1 Å². The van der Waals surface area contributed by atoms with Crippen molar-refractivity contribution in [2.45, 2.75) is 19.4 Å². The fraction of sp³-hybridized carbons (Fsp3) is 0.500. The molecule has 1 aromatic rings. The summed E-state index contributed by atoms with van der Waals surface area (Å²) < 4.78 is 5.51. The van der Waals surface area contributed by atoms with E-state index in [0.717, 1.165) is 6.42 Å². The van der Waals surface area contributed by atoms with Crippen LogP contribution >= 0.6 is 0 Å². The summed E-state index contributed by atoms with van der Waals surface area (Å²) in [5.41, 5.74) is 0.182. The number of ether oxygens (including phenoxy) is 1. The van der Waals surface area contributed by atoms with Crippen molar-refractivity contribution in [1.29, 1.82) is 0 Å². The second-order valence-electron chi connectivity index (χ2n) is 4.09. The first-order chi connectivity index (χ1) is 8.20. The summed E-state index contributed by atoms with van der Waals surface area (Å²) in [6.45, 7) is 3.78. The largest absolute Gasteiger partial charge is 0.375 e. The van der Waals surface area contributed by atoms with E-state index >= 15 is 0 Å². The molecule has 5 nitrogen and oxygen atoms in total. The maximum absolute atomic E-state index is 12.1. The fourth-order valence-electron chi connectivity index (χ4n) is 1.91. The molecule has 2 rings (SSSR count). The topological polar surface area (TPSA) is 62.4 Å². The molecule has 0 saturated carbocycles. The number of hydrogen-bond acceptors (Lipinski definition) is 3. The van der Waals surface area contributed by atoms with Crippen LogP contribution in [0, 0.1) is 0 Å². The quantitative estimate of drug-likeness (QED) is 0.819. The van der Waals surface area contributed by atoms with Crippen molar-refractivity contribution >= 4 is 5.91 Å². The molecule has 2 heterocycles. The summed E-state index contributed by atoms with van der Waals surface area (Å²) in [6.07, 6.45) is 2.49. The lowest BCUT2D eigenvalue weighted by atomic mass is 10.2. The van der Waals surface area contributed by atoms with E-state index in [-0.39, 0.29) is 17.6 Å². The standard InChI is InChI=1S/C12H16N2O3/c1-2-10-8-14(5-6-17-10)12(16)9-3-4-13-11(15)7-9/h3-4,7,10H,2,5-6,8H2,1H3,(H,13,15). The fourth-order valence-corrected chi connectivity index (χ4v) is 1.91. The van der Waals surface area contributed by atoms with Crippen LogP contribution in [0.1, 0.15) is 23.7 Å². The minimum atomic E-state index is -0.254. The summed E-state index contributed by atoms with van der Waals surface area (Å²) in [5, 5.41) is 0. The van der Waals surface area contributed by atoms with Gasteiger partial charge in [-0.1, -0.05) is 6.92 Å². The van der Waals surface area contributed by atoms with Gasteiger partial charge in [-0.25, -0.2) is 0 Å². The van der Waals surface area contributed by atoms with Crippen molar-refractivity contribution in [3.8, 4) is 0 Å². The lowest BCUT2D eigenvalue weighted by molar-refractivity contribution is -0.0226. The van der Waals surface area contributed by atoms with E-state index in [1.807, 2.05) is 6.92 Å². The summed E-state index contributed by atoms with van der Waals surface area (Å²) in [4.78, 5) is 27.5. The molecule has 0 radical (unpaired) electrons. The summed E-state index contributed by atoms with van der Waals surface area (Å²) in [5.74, 6) is -0.0992. The number of nitrogens with one attached hydrogen (secondary N) is 1. The lowest BCUT2D eigenvalue weighted by Gasteiger charge is -2.32. The van der Waals surface area contributed by atoms with Crippen molar-refractivity contribution in [2.24, 2.45) is 0 Å². The number of aromatic nitrogens is 1. The second kappa shape index (κ2) is 5.14. The van der Waals surface area contributed by atoms with Gasteiger partial charge in [0.25, 0.3) is 5.91 Å². The van der Waals surface area contributed by atoms with Crippen LogP contribution < -0.4 is 5.56 Å². The summed E-state index contributed by atoms with van der Waals surface area (Å²) in [7, 11) is 0. The Morgan fingerprint density at radius 1 is 1.65 bits per heavy atom. The first kappa shape index (κ1) is 11.9. The third kappa shape index (κ3) is 2.74. The normalized spacial score (nSPS) is 20.3. The molecular formula is C12H16N2O3. The number of morpholine rings is 1. The molecule has 5 heteroatoms. The molecule has 0 bridgehead atoms. The Bertz CT molecular complexity index is 455. The molecule has 1 fully saturated rings. The Labute approximate surface area is 99.4 Å². The van der Waals surface area contributed by atoms with Crippen molar-refractivity contribution in [3.63, 3.8) is 0 Å². The average Bonchev–Trinajstić information content (AvgIpc) is 2.38. The molecule has 1 aliphatic rings. The predicted molar refractivity (Wildman–Crippen MR) is 63.0 cm³/mol. The Balaban J connectivity index is 2.12. The predicted octanol–water partition coefficient (Wildman–Crippen LogP) is 0.626. The Morgan fingerprint density at radius 2 is 2.47 bits per heavy atom. The van der Waals surface area contributed by atoms with Crippen LogP contribution in [0.3, 0.4) is 0 Å². The van der Waals surface area contributed by atoms with Gasteiger partial charge in [0, 0.05) is 30.9 Å². The Hall–Kier alpha value is -1.62. The number of aromatic amines is 1. The first-order valence-corrected chi connectivity index (χ1v) is 5.80. The molecule has 1 unspecified atom stereocenters. The first-order valence-electron chi connectivity index (χ1n) is 5.80. The van der Waals surface area contributed by atoms with Crippen molar-refractivity contribution in [3.05, 3.63) is 34.2 Å². The van der Waals surface area contributed by atoms with E-state index < -0.39 is 0 Å². The molecule has 1 N–H and O–H groups in total. The molecule has 1 saturated heterocycles. The minimum absolute atomic E-state index is 0.0992. The molecule has 0 spiro atoms. The van der Waals surface area contributed by atoms with Gasteiger partial charge in [0.05, 0.1) is 12.7 Å². The number of carbonyl (C=O) groups excluding carboxylic acids is 1. The highest BCUT2D eigenvalue weighted by atomic mass is 16.5. The van der Waals surface area contributed by atoms with Gasteiger partial charge in [0.2, 0.25) is 5.56 Å². The highest BCUT2D eigenvalue weighted by Crippen LogP contribution is 2.11. The van der Waals surface area contributed by atoms with Crippen LogP contribution in [0.2, 0.25) is 0 Å². The molecule has 0 aliphatic carbocycles. The van der Waals surface area contributed by atoms with Crippen LogP contribution in [-0.2, 0) is 4.74 Å². The van der Waals surface area contributed by atoms with Crippen molar-refractivity contribution in [2.75, 3.05) is 19.7 Å². The van der Waals surface area contributed by atoms with Gasteiger partial charge in [0.15, 0.2) is 0 Å². The third-order valence-electron chi connectivity index (χ3n) is 2.90. The summed E-state index contributed by atoms with van der Waals surface area (Å²) in [6, 6.07) is 2.96. The Kier molecular flexibility index (Phi) is 3.58. The van der Waals surface area contributed by atoms with E-state index in [0.29, 0.717) is 25.3 Å². The van der Waals surface area contributed by atoms with Crippen LogP contribution in [-0.4, -0.2) is 41.6 Å². The lowest BCUT2D eigenvalue weighted by Crippen LogP contribution is -2.45. The van der Waals surface area contributed by atoms with Gasteiger partial charge >= 0.3 is 0 Å². The van der Waals surface area contributed by atoms with Gasteiger partial charge in [0.1, 0.15) is 0 Å².